The van der Waals surface area contributed by atoms with Crippen LogP contribution >= 0.6 is 0 Å². The molecule has 4 aromatic rings. The normalized spacial score (nSPS) is 13.0. The first-order chi connectivity index (χ1) is 15.7. The third-order valence-electron chi connectivity index (χ3n) is 5.21. The summed E-state index contributed by atoms with van der Waals surface area (Å²) < 4.78 is 7.83. The molecule has 158 valence electrons. The van der Waals surface area contributed by atoms with E-state index in [1.54, 1.807) is 36.1 Å². The third-order valence-corrected chi connectivity index (χ3v) is 5.21. The van der Waals surface area contributed by atoms with E-state index in [9.17, 15) is 5.26 Å². The van der Waals surface area contributed by atoms with Crippen molar-refractivity contribution in [1.29, 1.82) is 5.26 Å². The molecule has 1 saturated carbocycles. The molecule has 1 aliphatic carbocycles. The highest BCUT2D eigenvalue weighted by Crippen LogP contribution is 2.33. The molecule has 32 heavy (non-hydrogen) atoms. The lowest BCUT2D eigenvalue weighted by molar-refractivity contribution is 0.432. The van der Waals surface area contributed by atoms with Gasteiger partial charge in [0.25, 0.3) is 0 Å². The molecule has 0 saturated heterocycles. The van der Waals surface area contributed by atoms with Crippen molar-refractivity contribution in [2.75, 3.05) is 0 Å². The summed E-state index contributed by atoms with van der Waals surface area (Å²) in [7, 11) is 1.80. The Morgan fingerprint density at radius 2 is 1.94 bits per heavy atom. The van der Waals surface area contributed by atoms with Gasteiger partial charge in [0.1, 0.15) is 11.4 Å². The van der Waals surface area contributed by atoms with Gasteiger partial charge in [0.15, 0.2) is 5.82 Å². The van der Waals surface area contributed by atoms with E-state index in [2.05, 4.69) is 31.4 Å². The number of nitriles is 1. The molecule has 5 rings (SSSR count). The Bertz CT molecular complexity index is 1270. The Labute approximate surface area is 185 Å². The van der Waals surface area contributed by atoms with Gasteiger partial charge in [0.2, 0.25) is 5.88 Å². The number of hydrogen-bond acceptors (Lipinski definition) is 7. The maximum Gasteiger partial charge on any atom is 0.218 e. The lowest BCUT2D eigenvalue weighted by Crippen LogP contribution is -2.15. The van der Waals surface area contributed by atoms with Crippen LogP contribution in [0.5, 0.6) is 11.6 Å². The molecule has 1 aliphatic rings. The van der Waals surface area contributed by atoms with Crippen LogP contribution in [0.25, 0.3) is 22.8 Å². The summed E-state index contributed by atoms with van der Waals surface area (Å²) in [4.78, 5) is 13.4. The second-order valence-corrected chi connectivity index (χ2v) is 7.70. The fraction of sp³-hybridized carbons (Fsp3) is 0.208. The molecule has 3 heterocycles. The average molecular weight is 423 g/mol. The smallest absolute Gasteiger partial charge is 0.218 e. The molecule has 8 nitrogen and oxygen atoms in total. The minimum Gasteiger partial charge on any atom is -0.438 e. The van der Waals surface area contributed by atoms with Gasteiger partial charge in [-0.25, -0.2) is 14.6 Å². The van der Waals surface area contributed by atoms with Crippen LogP contribution in [0, 0.1) is 11.3 Å². The highest BCUT2D eigenvalue weighted by molar-refractivity contribution is 5.66. The van der Waals surface area contributed by atoms with Crippen LogP contribution in [-0.4, -0.2) is 30.8 Å². The molecule has 0 radical (unpaired) electrons. The summed E-state index contributed by atoms with van der Waals surface area (Å²) in [6.45, 7) is 0.757. The minimum atomic E-state index is 0.487. The fourth-order valence-electron chi connectivity index (χ4n) is 3.29. The molecule has 0 amide bonds. The van der Waals surface area contributed by atoms with E-state index in [4.69, 9.17) is 4.74 Å². The summed E-state index contributed by atoms with van der Waals surface area (Å²) in [6, 6.07) is 15.5. The van der Waals surface area contributed by atoms with Gasteiger partial charge in [-0.15, -0.1) is 0 Å². The lowest BCUT2D eigenvalue weighted by atomic mass is 10.1. The van der Waals surface area contributed by atoms with Gasteiger partial charge >= 0.3 is 0 Å². The molecular formula is C24H21N7O. The highest BCUT2D eigenvalue weighted by atomic mass is 16.5. The van der Waals surface area contributed by atoms with E-state index in [0.717, 1.165) is 17.8 Å². The topological polar surface area (TPSA) is 102 Å². The Morgan fingerprint density at radius 3 is 2.66 bits per heavy atom. The van der Waals surface area contributed by atoms with Crippen LogP contribution in [-0.2, 0) is 13.6 Å². The quantitative estimate of drug-likeness (QED) is 0.482. The lowest BCUT2D eigenvalue weighted by Gasteiger charge is -2.11. The number of aryl methyl sites for hydroxylation is 1. The SMILES string of the molecule is Cn1nc(-c2ccccn2)cc1Oc1cc(C#N)ccc1-c1ncc(CNC2CC2)cn1. The van der Waals surface area contributed by atoms with E-state index in [0.29, 0.717) is 40.3 Å². The molecule has 1 fully saturated rings. The zero-order valence-electron chi connectivity index (χ0n) is 17.6. The summed E-state index contributed by atoms with van der Waals surface area (Å²) in [5.41, 5.74) is 3.67. The molecular weight excluding hydrogens is 402 g/mol. The van der Waals surface area contributed by atoms with Gasteiger partial charge in [0, 0.05) is 49.9 Å². The van der Waals surface area contributed by atoms with E-state index in [-0.39, 0.29) is 0 Å². The second-order valence-electron chi connectivity index (χ2n) is 7.70. The molecule has 8 heteroatoms. The Morgan fingerprint density at radius 1 is 1.09 bits per heavy atom. The molecule has 0 aliphatic heterocycles. The molecule has 3 aromatic heterocycles. The zero-order chi connectivity index (χ0) is 21.9. The van der Waals surface area contributed by atoms with Crippen molar-refractivity contribution in [3.8, 4) is 40.5 Å². The maximum absolute atomic E-state index is 9.37. The van der Waals surface area contributed by atoms with E-state index >= 15 is 0 Å². The number of aromatic nitrogens is 5. The van der Waals surface area contributed by atoms with Gasteiger partial charge in [-0.2, -0.15) is 10.4 Å². The van der Waals surface area contributed by atoms with Crippen molar-refractivity contribution in [3.63, 3.8) is 0 Å². The Kier molecular flexibility index (Phi) is 5.32. The molecule has 0 unspecified atom stereocenters. The number of ether oxygens (including phenoxy) is 1. The second kappa shape index (κ2) is 8.57. The van der Waals surface area contributed by atoms with Crippen LogP contribution < -0.4 is 10.1 Å². The number of rotatable bonds is 7. The summed E-state index contributed by atoms with van der Waals surface area (Å²) >= 11 is 0. The average Bonchev–Trinajstić information content (AvgIpc) is 3.60. The minimum absolute atomic E-state index is 0.487. The van der Waals surface area contributed by atoms with E-state index in [1.165, 1.54) is 12.8 Å². The number of nitrogens with zero attached hydrogens (tertiary/aromatic N) is 6. The van der Waals surface area contributed by atoms with Crippen LogP contribution in [0.1, 0.15) is 24.0 Å². The molecule has 0 spiro atoms. The van der Waals surface area contributed by atoms with Crippen molar-refractivity contribution >= 4 is 0 Å². The third kappa shape index (κ3) is 4.33. The van der Waals surface area contributed by atoms with Crippen molar-refractivity contribution < 1.29 is 4.74 Å². The number of pyridine rings is 1. The summed E-state index contributed by atoms with van der Waals surface area (Å²) in [6.07, 6.45) is 7.84. The molecule has 0 atom stereocenters. The Hall–Kier alpha value is -4.09. The van der Waals surface area contributed by atoms with Crippen LogP contribution in [0.3, 0.4) is 0 Å². The van der Waals surface area contributed by atoms with Crippen LogP contribution in [0.4, 0.5) is 0 Å². The molecule has 0 bridgehead atoms. The number of nitrogens with one attached hydrogen (secondary N) is 1. The first kappa shape index (κ1) is 19.8. The maximum atomic E-state index is 9.37. The van der Waals surface area contributed by atoms with Gasteiger partial charge < -0.3 is 10.1 Å². The van der Waals surface area contributed by atoms with Gasteiger partial charge in [0.05, 0.1) is 22.9 Å². The van der Waals surface area contributed by atoms with Crippen LogP contribution in [0.15, 0.2) is 61.1 Å². The van der Waals surface area contributed by atoms with Gasteiger partial charge in [-0.1, -0.05) is 6.07 Å². The van der Waals surface area contributed by atoms with Gasteiger partial charge in [-0.3, -0.25) is 4.98 Å². The fourth-order valence-corrected chi connectivity index (χ4v) is 3.29. The predicted molar refractivity (Wildman–Crippen MR) is 119 cm³/mol. The summed E-state index contributed by atoms with van der Waals surface area (Å²) in [5, 5.41) is 17.3. The predicted octanol–water partition coefficient (Wildman–Crippen LogP) is 3.86. The monoisotopic (exact) mass is 423 g/mol. The van der Waals surface area contributed by atoms with Crippen LogP contribution in [0.2, 0.25) is 0 Å². The summed E-state index contributed by atoms with van der Waals surface area (Å²) in [5.74, 6) is 1.54. The van der Waals surface area contributed by atoms with Crippen molar-refractivity contribution in [3.05, 3.63) is 72.2 Å². The largest absolute Gasteiger partial charge is 0.438 e. The van der Waals surface area contributed by atoms with Crippen molar-refractivity contribution in [1.82, 2.24) is 30.0 Å². The van der Waals surface area contributed by atoms with Crippen molar-refractivity contribution in [2.24, 2.45) is 7.05 Å². The highest BCUT2D eigenvalue weighted by Gasteiger charge is 2.20. The number of benzene rings is 1. The zero-order valence-corrected chi connectivity index (χ0v) is 17.6. The van der Waals surface area contributed by atoms with Gasteiger partial charge in [-0.05, 0) is 43.2 Å². The first-order valence-electron chi connectivity index (χ1n) is 10.4. The van der Waals surface area contributed by atoms with E-state index < -0.39 is 0 Å². The number of hydrogen-bond donors (Lipinski definition) is 1. The Balaban J connectivity index is 1.44. The van der Waals surface area contributed by atoms with E-state index in [1.807, 2.05) is 36.7 Å². The standard InChI is InChI=1S/C24H21N7O/c1-31-23(11-21(30-31)20-4-2-3-9-26-20)32-22-10-16(12-25)5-8-19(22)24-28-14-17(15-29-24)13-27-18-6-7-18/h2-5,8-11,14-15,18,27H,6-7,13H2,1H3. The first-order valence-corrected chi connectivity index (χ1v) is 10.4. The molecule has 1 N–H and O–H groups in total. The molecule has 1 aromatic carbocycles. The van der Waals surface area contributed by atoms with Crippen molar-refractivity contribution in [2.45, 2.75) is 25.4 Å².